The first-order chi connectivity index (χ1) is 11.8. The van der Waals surface area contributed by atoms with Gasteiger partial charge in [0.25, 0.3) is 0 Å². The maximum absolute atomic E-state index is 5.97. The van der Waals surface area contributed by atoms with E-state index in [1.807, 2.05) is 0 Å². The highest BCUT2D eigenvalue weighted by Crippen LogP contribution is 2.30. The first-order valence-corrected chi connectivity index (χ1v) is 10.2. The summed E-state index contributed by atoms with van der Waals surface area (Å²) in [4.78, 5) is 0. The zero-order chi connectivity index (χ0) is 17.2. The van der Waals surface area contributed by atoms with Crippen molar-refractivity contribution in [3.05, 3.63) is 35.9 Å². The Morgan fingerprint density at radius 1 is 0.875 bits per heavy atom. The zero-order valence-electron chi connectivity index (χ0n) is 14.9. The molecule has 2 nitrogen and oxygen atoms in total. The van der Waals surface area contributed by atoms with Gasteiger partial charge in [-0.25, -0.2) is 0 Å². The normalized spacial score (nSPS) is 11.0. The summed E-state index contributed by atoms with van der Waals surface area (Å²) in [6.07, 6.45) is 7.09. The average Bonchev–Trinajstić information content (AvgIpc) is 2.60. The number of halogens is 1. The van der Waals surface area contributed by atoms with Crippen LogP contribution in [0.5, 0.6) is 11.5 Å². The van der Waals surface area contributed by atoms with Crippen LogP contribution in [-0.2, 0) is 0 Å². The number of aryl methyl sites for hydroxylation is 1. The molecular formula is C21H29BrO2. The van der Waals surface area contributed by atoms with Crippen molar-refractivity contribution in [2.24, 2.45) is 0 Å². The maximum atomic E-state index is 5.97. The third-order valence-corrected chi connectivity index (χ3v) is 4.82. The van der Waals surface area contributed by atoms with E-state index >= 15 is 0 Å². The van der Waals surface area contributed by atoms with Crippen LogP contribution in [-0.4, -0.2) is 18.5 Å². The van der Waals surface area contributed by atoms with E-state index in [2.05, 4.69) is 60.1 Å². The molecule has 132 valence electrons. The summed E-state index contributed by atoms with van der Waals surface area (Å²) in [6, 6.07) is 10.6. The summed E-state index contributed by atoms with van der Waals surface area (Å²) >= 11 is 3.46. The van der Waals surface area contributed by atoms with E-state index < -0.39 is 0 Å². The molecule has 2 rings (SSSR count). The number of hydrogen-bond donors (Lipinski definition) is 0. The number of ether oxygens (including phenoxy) is 2. The Morgan fingerprint density at radius 2 is 1.67 bits per heavy atom. The van der Waals surface area contributed by atoms with Gasteiger partial charge in [-0.05, 0) is 67.1 Å². The number of hydrogen-bond acceptors (Lipinski definition) is 2. The second-order valence-corrected chi connectivity index (χ2v) is 7.02. The highest BCUT2D eigenvalue weighted by molar-refractivity contribution is 9.09. The van der Waals surface area contributed by atoms with Gasteiger partial charge in [0.05, 0.1) is 13.2 Å². The van der Waals surface area contributed by atoms with Gasteiger partial charge in [0.15, 0.2) is 0 Å². The van der Waals surface area contributed by atoms with E-state index in [1.54, 1.807) is 0 Å². The average molecular weight is 393 g/mol. The summed E-state index contributed by atoms with van der Waals surface area (Å²) < 4.78 is 11.8. The lowest BCUT2D eigenvalue weighted by Crippen LogP contribution is -2.00. The van der Waals surface area contributed by atoms with E-state index in [0.717, 1.165) is 42.9 Å². The lowest BCUT2D eigenvalue weighted by molar-refractivity contribution is 0.304. The van der Waals surface area contributed by atoms with E-state index in [4.69, 9.17) is 9.47 Å². The molecule has 0 aromatic heterocycles. The molecule has 0 saturated heterocycles. The summed E-state index contributed by atoms with van der Waals surface area (Å²) in [5.74, 6) is 1.96. The lowest BCUT2D eigenvalue weighted by Gasteiger charge is -2.13. The predicted octanol–water partition coefficient (Wildman–Crippen LogP) is 6.66. The van der Waals surface area contributed by atoms with Gasteiger partial charge in [0, 0.05) is 5.33 Å². The van der Waals surface area contributed by atoms with Gasteiger partial charge >= 0.3 is 0 Å². The van der Waals surface area contributed by atoms with Crippen molar-refractivity contribution >= 4 is 26.7 Å². The largest absolute Gasteiger partial charge is 0.494 e. The van der Waals surface area contributed by atoms with Crippen LogP contribution < -0.4 is 9.47 Å². The lowest BCUT2D eigenvalue weighted by atomic mass is 10.0. The van der Waals surface area contributed by atoms with Gasteiger partial charge in [-0.2, -0.15) is 0 Å². The van der Waals surface area contributed by atoms with Crippen LogP contribution in [0, 0.1) is 6.92 Å². The molecule has 0 radical (unpaired) electrons. The SMILES string of the molecule is CCCCCOc1ccc2c(C)c(OCCCCCBr)ccc2c1. The smallest absolute Gasteiger partial charge is 0.122 e. The molecule has 0 atom stereocenters. The van der Waals surface area contributed by atoms with Crippen LogP contribution in [0.25, 0.3) is 10.8 Å². The van der Waals surface area contributed by atoms with Crippen LogP contribution in [0.1, 0.15) is 51.0 Å². The van der Waals surface area contributed by atoms with Crippen LogP contribution in [0.4, 0.5) is 0 Å². The molecule has 2 aromatic rings. The molecule has 0 amide bonds. The van der Waals surface area contributed by atoms with Crippen LogP contribution in [0.3, 0.4) is 0 Å². The Bertz CT molecular complexity index is 625. The molecule has 0 aliphatic carbocycles. The molecule has 0 bridgehead atoms. The van der Waals surface area contributed by atoms with Gasteiger partial charge in [0.2, 0.25) is 0 Å². The predicted molar refractivity (Wildman–Crippen MR) is 107 cm³/mol. The van der Waals surface area contributed by atoms with Crippen molar-refractivity contribution in [2.45, 2.75) is 52.4 Å². The molecule has 0 unspecified atom stereocenters. The minimum Gasteiger partial charge on any atom is -0.494 e. The summed E-state index contributed by atoms with van der Waals surface area (Å²) in [5, 5.41) is 3.53. The number of alkyl halides is 1. The fraction of sp³-hybridized carbons (Fsp3) is 0.524. The van der Waals surface area contributed by atoms with E-state index in [9.17, 15) is 0 Å². The Morgan fingerprint density at radius 3 is 2.46 bits per heavy atom. The van der Waals surface area contributed by atoms with Crippen molar-refractivity contribution in [3.8, 4) is 11.5 Å². The van der Waals surface area contributed by atoms with Crippen molar-refractivity contribution in [1.29, 1.82) is 0 Å². The fourth-order valence-electron chi connectivity index (χ4n) is 2.79. The Hall–Kier alpha value is -1.22. The first kappa shape index (κ1) is 19.1. The minimum atomic E-state index is 0.790. The van der Waals surface area contributed by atoms with Crippen molar-refractivity contribution in [1.82, 2.24) is 0 Å². The molecule has 0 N–H and O–H groups in total. The second-order valence-electron chi connectivity index (χ2n) is 6.23. The van der Waals surface area contributed by atoms with Crippen molar-refractivity contribution in [3.63, 3.8) is 0 Å². The monoisotopic (exact) mass is 392 g/mol. The summed E-state index contributed by atoms with van der Waals surface area (Å²) in [7, 11) is 0. The molecule has 2 aromatic carbocycles. The first-order valence-electron chi connectivity index (χ1n) is 9.11. The fourth-order valence-corrected chi connectivity index (χ4v) is 3.18. The molecule has 0 aliphatic heterocycles. The number of rotatable bonds is 11. The summed E-state index contributed by atoms with van der Waals surface area (Å²) in [6.45, 7) is 5.93. The van der Waals surface area contributed by atoms with Gasteiger partial charge in [-0.3, -0.25) is 0 Å². The molecule has 3 heteroatoms. The zero-order valence-corrected chi connectivity index (χ0v) is 16.5. The Labute approximate surface area is 154 Å². The molecule has 0 heterocycles. The molecule has 24 heavy (non-hydrogen) atoms. The number of benzene rings is 2. The Balaban J connectivity index is 1.98. The second kappa shape index (κ2) is 10.6. The van der Waals surface area contributed by atoms with Gasteiger partial charge in [-0.15, -0.1) is 0 Å². The van der Waals surface area contributed by atoms with Crippen LogP contribution in [0.2, 0.25) is 0 Å². The molecular weight excluding hydrogens is 364 g/mol. The van der Waals surface area contributed by atoms with Crippen LogP contribution in [0.15, 0.2) is 30.3 Å². The van der Waals surface area contributed by atoms with Gasteiger partial charge < -0.3 is 9.47 Å². The molecule has 0 aliphatic rings. The van der Waals surface area contributed by atoms with Crippen molar-refractivity contribution in [2.75, 3.05) is 18.5 Å². The molecule has 0 spiro atoms. The highest BCUT2D eigenvalue weighted by atomic mass is 79.9. The van der Waals surface area contributed by atoms with E-state index in [0.29, 0.717) is 0 Å². The minimum absolute atomic E-state index is 0.790. The van der Waals surface area contributed by atoms with E-state index in [1.165, 1.54) is 42.0 Å². The molecule has 0 fully saturated rings. The standard InChI is InChI=1S/C21H29BrO2/c1-3-4-7-14-23-19-10-11-20-17(2)21(12-9-18(20)16-19)24-15-8-5-6-13-22/h9-12,16H,3-8,13-15H2,1-2H3. The topological polar surface area (TPSA) is 18.5 Å². The van der Waals surface area contributed by atoms with Gasteiger partial charge in [-0.1, -0.05) is 47.8 Å². The maximum Gasteiger partial charge on any atom is 0.122 e. The quantitative estimate of drug-likeness (QED) is 0.314. The molecule has 0 saturated carbocycles. The highest BCUT2D eigenvalue weighted by Gasteiger charge is 2.06. The van der Waals surface area contributed by atoms with Gasteiger partial charge in [0.1, 0.15) is 11.5 Å². The summed E-state index contributed by atoms with van der Waals surface area (Å²) in [5.41, 5.74) is 1.21. The number of unbranched alkanes of at least 4 members (excludes halogenated alkanes) is 4. The van der Waals surface area contributed by atoms with Crippen molar-refractivity contribution < 1.29 is 9.47 Å². The third kappa shape index (κ3) is 5.70. The van der Waals surface area contributed by atoms with Crippen LogP contribution >= 0.6 is 15.9 Å². The number of fused-ring (bicyclic) bond motifs is 1. The third-order valence-electron chi connectivity index (χ3n) is 4.26. The Kier molecular flexibility index (Phi) is 8.44. The van der Waals surface area contributed by atoms with E-state index in [-0.39, 0.29) is 0 Å².